The number of allylic oxidation sites excluding steroid dienone is 1. The Morgan fingerprint density at radius 1 is 1.00 bits per heavy atom. The summed E-state index contributed by atoms with van der Waals surface area (Å²) < 4.78 is 0. The van der Waals surface area contributed by atoms with Crippen molar-refractivity contribution in [2.24, 2.45) is 5.73 Å². The minimum Gasteiger partial charge on any atom is -0.325 e. The van der Waals surface area contributed by atoms with Crippen LogP contribution in [0.5, 0.6) is 0 Å². The zero-order valence-electron chi connectivity index (χ0n) is 10.3. The highest BCUT2D eigenvalue weighted by Gasteiger charge is 2.12. The number of nitrogens with zero attached hydrogens (tertiary/aromatic N) is 1. The minimum absolute atomic E-state index is 0.498. The van der Waals surface area contributed by atoms with Crippen LogP contribution in [0.15, 0.2) is 42.5 Å². The van der Waals surface area contributed by atoms with E-state index in [1.165, 1.54) is 16.7 Å². The van der Waals surface area contributed by atoms with Crippen LogP contribution < -0.4 is 5.73 Å². The monoisotopic (exact) mass is 236 g/mol. The van der Waals surface area contributed by atoms with Crippen molar-refractivity contribution in [1.29, 1.82) is 0 Å². The Labute approximate surface area is 107 Å². The fourth-order valence-corrected chi connectivity index (χ4v) is 2.41. The summed E-state index contributed by atoms with van der Waals surface area (Å²) in [7, 11) is 0. The molecule has 1 aromatic heterocycles. The first-order valence-electron chi connectivity index (χ1n) is 6.31. The molecule has 2 aromatic rings. The van der Waals surface area contributed by atoms with E-state index in [9.17, 15) is 0 Å². The van der Waals surface area contributed by atoms with Gasteiger partial charge in [-0.05, 0) is 47.8 Å². The standard InChI is InChI=1S/C16H16N2/c17-11-15-6-3-7-16(18-15)14-9-8-12-4-1-2-5-13(12)10-14/h1-7,10H,8-9,11,17H2. The number of nitrogens with two attached hydrogens (primary N) is 1. The van der Waals surface area contributed by atoms with Gasteiger partial charge in [-0.1, -0.05) is 30.3 Å². The summed E-state index contributed by atoms with van der Waals surface area (Å²) >= 11 is 0. The van der Waals surface area contributed by atoms with Gasteiger partial charge in [0.15, 0.2) is 0 Å². The van der Waals surface area contributed by atoms with Crippen LogP contribution in [0.1, 0.15) is 28.9 Å². The van der Waals surface area contributed by atoms with Crippen LogP contribution in [-0.4, -0.2) is 4.98 Å². The average molecular weight is 236 g/mol. The first-order valence-corrected chi connectivity index (χ1v) is 6.31. The molecule has 0 aliphatic heterocycles. The van der Waals surface area contributed by atoms with E-state index in [0.29, 0.717) is 6.54 Å². The molecule has 18 heavy (non-hydrogen) atoms. The second-order valence-corrected chi connectivity index (χ2v) is 4.59. The molecular formula is C16H16N2. The van der Waals surface area contributed by atoms with Gasteiger partial charge in [0.25, 0.3) is 0 Å². The molecule has 1 aromatic carbocycles. The van der Waals surface area contributed by atoms with Gasteiger partial charge in [-0.15, -0.1) is 0 Å². The summed E-state index contributed by atoms with van der Waals surface area (Å²) in [5.41, 5.74) is 11.7. The molecule has 1 aliphatic carbocycles. The number of hydrogen-bond donors (Lipinski definition) is 1. The van der Waals surface area contributed by atoms with Crippen LogP contribution in [0.25, 0.3) is 11.6 Å². The number of aromatic nitrogens is 1. The highest BCUT2D eigenvalue weighted by molar-refractivity contribution is 5.83. The lowest BCUT2D eigenvalue weighted by atomic mass is 9.90. The number of pyridine rings is 1. The number of benzene rings is 1. The molecule has 0 saturated heterocycles. The van der Waals surface area contributed by atoms with Crippen molar-refractivity contribution in [3.05, 3.63) is 65.0 Å². The Hall–Kier alpha value is -1.93. The Morgan fingerprint density at radius 2 is 1.89 bits per heavy atom. The number of rotatable bonds is 2. The fraction of sp³-hybridized carbons (Fsp3) is 0.188. The van der Waals surface area contributed by atoms with Gasteiger partial charge in [-0.2, -0.15) is 0 Å². The predicted molar refractivity (Wildman–Crippen MR) is 74.8 cm³/mol. The van der Waals surface area contributed by atoms with E-state index in [-0.39, 0.29) is 0 Å². The molecule has 1 aliphatic rings. The van der Waals surface area contributed by atoms with E-state index >= 15 is 0 Å². The highest BCUT2D eigenvalue weighted by atomic mass is 14.7. The number of aryl methyl sites for hydroxylation is 1. The second kappa shape index (κ2) is 4.75. The molecule has 0 spiro atoms. The molecule has 0 saturated carbocycles. The van der Waals surface area contributed by atoms with Crippen LogP contribution >= 0.6 is 0 Å². The van der Waals surface area contributed by atoms with Gasteiger partial charge in [0.1, 0.15) is 0 Å². The van der Waals surface area contributed by atoms with Crippen LogP contribution in [0.2, 0.25) is 0 Å². The summed E-state index contributed by atoms with van der Waals surface area (Å²) in [6.45, 7) is 0.498. The molecule has 0 bridgehead atoms. The summed E-state index contributed by atoms with van der Waals surface area (Å²) in [6, 6.07) is 14.6. The van der Waals surface area contributed by atoms with Crippen molar-refractivity contribution < 1.29 is 0 Å². The van der Waals surface area contributed by atoms with Crippen molar-refractivity contribution in [2.45, 2.75) is 19.4 Å². The number of hydrogen-bond acceptors (Lipinski definition) is 2. The van der Waals surface area contributed by atoms with Crippen molar-refractivity contribution >= 4 is 11.6 Å². The van der Waals surface area contributed by atoms with E-state index in [1.54, 1.807) is 0 Å². The van der Waals surface area contributed by atoms with Gasteiger partial charge in [0.2, 0.25) is 0 Å². The lowest BCUT2D eigenvalue weighted by Crippen LogP contribution is -2.04. The first-order chi connectivity index (χ1) is 8.86. The lowest BCUT2D eigenvalue weighted by Gasteiger charge is -2.16. The predicted octanol–water partition coefficient (Wildman–Crippen LogP) is 3.03. The molecular weight excluding hydrogens is 220 g/mol. The van der Waals surface area contributed by atoms with Gasteiger partial charge in [0, 0.05) is 6.54 Å². The Kier molecular flexibility index (Phi) is 2.95. The largest absolute Gasteiger partial charge is 0.325 e. The van der Waals surface area contributed by atoms with E-state index in [1.807, 2.05) is 12.1 Å². The quantitative estimate of drug-likeness (QED) is 0.870. The molecule has 0 radical (unpaired) electrons. The second-order valence-electron chi connectivity index (χ2n) is 4.59. The lowest BCUT2D eigenvalue weighted by molar-refractivity contribution is 0.956. The fourth-order valence-electron chi connectivity index (χ4n) is 2.41. The van der Waals surface area contributed by atoms with Crippen molar-refractivity contribution in [3.8, 4) is 0 Å². The maximum Gasteiger partial charge on any atom is 0.0665 e. The van der Waals surface area contributed by atoms with Gasteiger partial charge in [0.05, 0.1) is 11.4 Å². The van der Waals surface area contributed by atoms with Crippen LogP contribution in [0.3, 0.4) is 0 Å². The van der Waals surface area contributed by atoms with Gasteiger partial charge >= 0.3 is 0 Å². The maximum atomic E-state index is 5.64. The van der Waals surface area contributed by atoms with Crippen molar-refractivity contribution in [3.63, 3.8) is 0 Å². The average Bonchev–Trinajstić information content (AvgIpc) is 2.47. The third-order valence-electron chi connectivity index (χ3n) is 3.39. The Bertz CT molecular complexity index is 600. The zero-order valence-corrected chi connectivity index (χ0v) is 10.3. The topological polar surface area (TPSA) is 38.9 Å². The first kappa shape index (κ1) is 11.2. The zero-order chi connectivity index (χ0) is 12.4. The molecule has 0 amide bonds. The van der Waals surface area contributed by atoms with Gasteiger partial charge in [-0.25, -0.2) is 0 Å². The maximum absolute atomic E-state index is 5.64. The number of fused-ring (bicyclic) bond motifs is 1. The van der Waals surface area contributed by atoms with Crippen LogP contribution in [0, 0.1) is 0 Å². The molecule has 2 N–H and O–H groups in total. The Balaban J connectivity index is 2.01. The Morgan fingerprint density at radius 3 is 2.78 bits per heavy atom. The van der Waals surface area contributed by atoms with E-state index in [4.69, 9.17) is 5.73 Å². The van der Waals surface area contributed by atoms with Crippen molar-refractivity contribution in [2.75, 3.05) is 0 Å². The molecule has 1 heterocycles. The normalized spacial score (nSPS) is 13.9. The third kappa shape index (κ3) is 2.07. The molecule has 90 valence electrons. The molecule has 0 fully saturated rings. The molecule has 0 unspecified atom stereocenters. The summed E-state index contributed by atoms with van der Waals surface area (Å²) in [5.74, 6) is 0. The smallest absolute Gasteiger partial charge is 0.0665 e. The van der Waals surface area contributed by atoms with Crippen LogP contribution in [-0.2, 0) is 13.0 Å². The SMILES string of the molecule is NCc1cccc(C2=Cc3ccccc3CC2)n1. The highest BCUT2D eigenvalue weighted by Crippen LogP contribution is 2.29. The molecule has 3 rings (SSSR count). The summed E-state index contributed by atoms with van der Waals surface area (Å²) in [5, 5.41) is 0. The van der Waals surface area contributed by atoms with E-state index in [0.717, 1.165) is 24.2 Å². The summed E-state index contributed by atoms with van der Waals surface area (Å²) in [6.07, 6.45) is 4.40. The molecule has 2 nitrogen and oxygen atoms in total. The van der Waals surface area contributed by atoms with Crippen LogP contribution in [0.4, 0.5) is 0 Å². The van der Waals surface area contributed by atoms with Gasteiger partial charge in [-0.3, -0.25) is 4.98 Å². The van der Waals surface area contributed by atoms with E-state index in [2.05, 4.69) is 41.4 Å². The summed E-state index contributed by atoms with van der Waals surface area (Å²) in [4.78, 5) is 4.59. The van der Waals surface area contributed by atoms with Gasteiger partial charge < -0.3 is 5.73 Å². The minimum atomic E-state index is 0.498. The molecule has 2 heteroatoms. The third-order valence-corrected chi connectivity index (χ3v) is 3.39. The van der Waals surface area contributed by atoms with Crippen molar-refractivity contribution in [1.82, 2.24) is 4.98 Å². The molecule has 0 atom stereocenters. The van der Waals surface area contributed by atoms with E-state index < -0.39 is 0 Å².